The first kappa shape index (κ1) is 21.6. The molecule has 0 saturated carbocycles. The van der Waals surface area contributed by atoms with Gasteiger partial charge in [0, 0.05) is 12.7 Å². The fourth-order valence-corrected chi connectivity index (χ4v) is 3.73. The summed E-state index contributed by atoms with van der Waals surface area (Å²) < 4.78 is 28.4. The van der Waals surface area contributed by atoms with Crippen LogP contribution in [0.25, 0.3) is 0 Å². The van der Waals surface area contributed by atoms with Gasteiger partial charge in [0.05, 0.1) is 16.6 Å². The number of anilines is 1. The number of sulfonamides is 1. The van der Waals surface area contributed by atoms with E-state index in [1.807, 2.05) is 0 Å². The number of hydrogen-bond donors (Lipinski definition) is 2. The number of amides is 2. The van der Waals surface area contributed by atoms with Gasteiger partial charge in [0.15, 0.2) is 18.1 Å². The van der Waals surface area contributed by atoms with Crippen molar-refractivity contribution in [2.45, 2.75) is 23.9 Å². The van der Waals surface area contributed by atoms with Gasteiger partial charge in [-0.25, -0.2) is 13.6 Å². The Hall–Kier alpha value is -3.10. The molecule has 1 aromatic heterocycles. The maximum Gasteiger partial charge on any atom is 0.252 e. The Labute approximate surface area is 176 Å². The van der Waals surface area contributed by atoms with Gasteiger partial charge in [0.2, 0.25) is 15.9 Å². The molecule has 2 amide bonds. The lowest BCUT2D eigenvalue weighted by Gasteiger charge is -2.21. The first-order chi connectivity index (χ1) is 14.0. The Balaban J connectivity index is 1.74. The van der Waals surface area contributed by atoms with Crippen LogP contribution in [0.3, 0.4) is 0 Å². The van der Waals surface area contributed by atoms with E-state index in [0.717, 1.165) is 0 Å². The Bertz CT molecular complexity index is 1090. The van der Waals surface area contributed by atoms with Crippen LogP contribution in [0.2, 0.25) is 0 Å². The first-order valence-electron chi connectivity index (χ1n) is 8.52. The minimum Gasteiger partial charge on any atom is -0.539 e. The number of carbonyl (C=O) groups excluding carboxylic acids is 2. The Morgan fingerprint density at radius 2 is 2.03 bits per heavy atom. The van der Waals surface area contributed by atoms with Gasteiger partial charge in [-0.05, 0) is 36.5 Å². The van der Waals surface area contributed by atoms with E-state index >= 15 is 0 Å². The summed E-state index contributed by atoms with van der Waals surface area (Å²) in [6, 6.07) is 4.33. The second-order valence-corrected chi connectivity index (χ2v) is 8.50. The highest BCUT2D eigenvalue weighted by molar-refractivity contribution is 7.89. The van der Waals surface area contributed by atoms with Crippen molar-refractivity contribution in [1.29, 1.82) is 0 Å². The summed E-state index contributed by atoms with van der Waals surface area (Å²) in [5.74, 6) is -1.57. The third-order valence-electron chi connectivity index (χ3n) is 4.56. The molecule has 2 aromatic rings. The SMILES string of the molecule is CN1C(=O)C(CC(=O)Nc2ccc(S(N)(=O)=O)cc2)N(Cc2c([O-])on[n+]2C)C1=S. The second kappa shape index (κ2) is 7.97. The summed E-state index contributed by atoms with van der Waals surface area (Å²) in [7, 11) is -0.859. The maximum absolute atomic E-state index is 12.6. The van der Waals surface area contributed by atoms with E-state index in [1.165, 1.54) is 52.8 Å². The van der Waals surface area contributed by atoms with Gasteiger partial charge in [-0.2, -0.15) is 0 Å². The van der Waals surface area contributed by atoms with Crippen molar-refractivity contribution < 1.29 is 32.3 Å². The number of hydrogen-bond acceptors (Lipinski definition) is 8. The third kappa shape index (κ3) is 4.24. The molecule has 1 aromatic carbocycles. The van der Waals surface area contributed by atoms with E-state index < -0.39 is 33.8 Å². The van der Waals surface area contributed by atoms with E-state index in [-0.39, 0.29) is 28.7 Å². The van der Waals surface area contributed by atoms with Crippen LogP contribution in [0.4, 0.5) is 5.69 Å². The molecule has 12 nitrogen and oxygen atoms in total. The molecular formula is C16H18N6O6S2. The van der Waals surface area contributed by atoms with Crippen LogP contribution < -0.4 is 20.2 Å². The van der Waals surface area contributed by atoms with E-state index in [0.29, 0.717) is 5.69 Å². The summed E-state index contributed by atoms with van der Waals surface area (Å²) in [6.07, 6.45) is -0.247. The fourth-order valence-electron chi connectivity index (χ4n) is 2.93. The number of carbonyl (C=O) groups is 2. The van der Waals surface area contributed by atoms with Gasteiger partial charge >= 0.3 is 0 Å². The van der Waals surface area contributed by atoms with Crippen LogP contribution in [0.5, 0.6) is 5.95 Å². The summed E-state index contributed by atoms with van der Waals surface area (Å²) in [5, 5.41) is 23.1. The third-order valence-corrected chi connectivity index (χ3v) is 6.00. The molecule has 0 bridgehead atoms. The number of nitrogens with one attached hydrogen (secondary N) is 1. The van der Waals surface area contributed by atoms with Crippen molar-refractivity contribution in [2.24, 2.45) is 12.2 Å². The van der Waals surface area contributed by atoms with Crippen LogP contribution in [0.15, 0.2) is 33.7 Å². The number of rotatable bonds is 6. The molecule has 0 spiro atoms. The van der Waals surface area contributed by atoms with Crippen molar-refractivity contribution in [3.8, 4) is 5.95 Å². The highest BCUT2D eigenvalue weighted by Gasteiger charge is 2.43. The molecule has 1 aliphatic rings. The number of nitrogens with zero attached hydrogens (tertiary/aromatic N) is 4. The topological polar surface area (TPSA) is 166 Å². The molecule has 1 atom stereocenters. The van der Waals surface area contributed by atoms with E-state index in [2.05, 4.69) is 15.1 Å². The zero-order chi connectivity index (χ0) is 22.2. The minimum absolute atomic E-state index is 0.0608. The standard InChI is InChI=1S/C16H18N6O6S2/c1-20-14(24)11(22(16(20)29)8-12-15(25)28-19-21(12)2)7-13(23)18-9-3-5-10(6-4-9)30(17,26)27/h3-6,11H,7-8H2,1-2H3,(H3-,17,18,19,23,25,26,27). The van der Waals surface area contributed by atoms with Crippen molar-refractivity contribution >= 4 is 44.9 Å². The van der Waals surface area contributed by atoms with Crippen LogP contribution in [-0.2, 0) is 33.2 Å². The number of likely N-dealkylation sites (N-methyl/N-ethyl adjacent to an activating group) is 1. The molecule has 30 heavy (non-hydrogen) atoms. The molecule has 1 unspecified atom stereocenters. The van der Waals surface area contributed by atoms with Crippen molar-refractivity contribution in [2.75, 3.05) is 12.4 Å². The van der Waals surface area contributed by atoms with Gasteiger partial charge in [-0.1, -0.05) is 4.68 Å². The molecule has 0 radical (unpaired) electrons. The van der Waals surface area contributed by atoms with E-state index in [1.54, 1.807) is 0 Å². The molecule has 3 N–H and O–H groups in total. The number of aromatic nitrogens is 2. The molecule has 14 heteroatoms. The van der Waals surface area contributed by atoms with E-state index in [9.17, 15) is 23.1 Å². The number of nitrogens with two attached hydrogens (primary N) is 1. The molecular weight excluding hydrogens is 436 g/mol. The van der Waals surface area contributed by atoms with Crippen LogP contribution in [-0.4, -0.2) is 53.5 Å². The Morgan fingerprint density at radius 3 is 2.57 bits per heavy atom. The number of primary sulfonamides is 1. The van der Waals surface area contributed by atoms with Gasteiger partial charge in [-0.15, -0.1) is 0 Å². The molecule has 1 fully saturated rings. The summed E-state index contributed by atoms with van der Waals surface area (Å²) in [5.41, 5.74) is 0.497. The Kier molecular flexibility index (Phi) is 5.74. The zero-order valence-electron chi connectivity index (χ0n) is 15.9. The number of thiocarbonyl (C=S) groups is 1. The quantitative estimate of drug-likeness (QED) is 0.377. The molecule has 2 heterocycles. The largest absolute Gasteiger partial charge is 0.539 e. The average molecular weight is 454 g/mol. The van der Waals surface area contributed by atoms with Gasteiger partial charge in [0.1, 0.15) is 12.6 Å². The first-order valence-corrected chi connectivity index (χ1v) is 10.5. The van der Waals surface area contributed by atoms with Crippen LogP contribution in [0.1, 0.15) is 12.1 Å². The second-order valence-electron chi connectivity index (χ2n) is 6.58. The normalized spacial score (nSPS) is 17.0. The number of benzene rings is 1. The molecule has 160 valence electrons. The average Bonchev–Trinajstić information content (AvgIpc) is 3.09. The maximum atomic E-state index is 12.6. The van der Waals surface area contributed by atoms with E-state index in [4.69, 9.17) is 17.4 Å². The van der Waals surface area contributed by atoms with Crippen molar-refractivity contribution in [3.63, 3.8) is 0 Å². The predicted octanol–water partition coefficient (Wildman–Crippen LogP) is -1.82. The number of aryl methyl sites for hydroxylation is 1. The molecule has 1 aliphatic heterocycles. The minimum atomic E-state index is -3.85. The fraction of sp³-hybridized carbons (Fsp3) is 0.312. The Morgan fingerprint density at radius 1 is 1.40 bits per heavy atom. The van der Waals surface area contributed by atoms with Crippen LogP contribution >= 0.6 is 12.2 Å². The summed E-state index contributed by atoms with van der Waals surface area (Å²) in [4.78, 5) is 27.7. The zero-order valence-corrected chi connectivity index (χ0v) is 17.6. The lowest BCUT2D eigenvalue weighted by molar-refractivity contribution is -0.746. The monoisotopic (exact) mass is 454 g/mol. The van der Waals surface area contributed by atoms with Crippen molar-refractivity contribution in [3.05, 3.63) is 30.0 Å². The predicted molar refractivity (Wildman–Crippen MR) is 103 cm³/mol. The van der Waals surface area contributed by atoms with Gasteiger partial charge in [-0.3, -0.25) is 14.5 Å². The molecule has 0 aliphatic carbocycles. The van der Waals surface area contributed by atoms with Crippen molar-refractivity contribution in [1.82, 2.24) is 15.1 Å². The lowest BCUT2D eigenvalue weighted by Crippen LogP contribution is -2.42. The molecule has 1 saturated heterocycles. The summed E-state index contributed by atoms with van der Waals surface area (Å²) >= 11 is 5.28. The highest BCUT2D eigenvalue weighted by atomic mass is 32.2. The van der Waals surface area contributed by atoms with Gasteiger partial charge < -0.3 is 19.8 Å². The van der Waals surface area contributed by atoms with Crippen LogP contribution in [0, 0.1) is 0 Å². The smallest absolute Gasteiger partial charge is 0.252 e. The highest BCUT2D eigenvalue weighted by Crippen LogP contribution is 2.24. The van der Waals surface area contributed by atoms with Gasteiger partial charge in [0.25, 0.3) is 11.6 Å². The summed E-state index contributed by atoms with van der Waals surface area (Å²) in [6.45, 7) is -0.0608. The molecule has 3 rings (SSSR count). The lowest BCUT2D eigenvalue weighted by atomic mass is 10.1.